The largest absolute Gasteiger partial charge is 0.461 e. The van der Waals surface area contributed by atoms with Crippen LogP contribution >= 0.6 is 0 Å². The summed E-state index contributed by atoms with van der Waals surface area (Å²) in [5, 5.41) is 0. The van der Waals surface area contributed by atoms with Gasteiger partial charge in [-0.15, -0.1) is 0 Å². The summed E-state index contributed by atoms with van der Waals surface area (Å²) in [5.41, 5.74) is 3.09. The molecule has 1 heterocycles. The molecular formula is C24H34O3S. The molecule has 1 aliphatic heterocycles. The quantitative estimate of drug-likeness (QED) is 0.502. The van der Waals surface area contributed by atoms with Crippen molar-refractivity contribution in [3.05, 3.63) is 47.0 Å². The van der Waals surface area contributed by atoms with Gasteiger partial charge in [0.15, 0.2) is 4.75 Å². The third-order valence-electron chi connectivity index (χ3n) is 6.77. The van der Waals surface area contributed by atoms with E-state index in [0.29, 0.717) is 29.9 Å². The highest BCUT2D eigenvalue weighted by Gasteiger charge is 2.51. The summed E-state index contributed by atoms with van der Waals surface area (Å²) in [4.78, 5) is 13.7. The predicted molar refractivity (Wildman–Crippen MR) is 115 cm³/mol. The maximum atomic E-state index is 13.7. The van der Waals surface area contributed by atoms with Gasteiger partial charge in [0, 0.05) is 23.0 Å². The van der Waals surface area contributed by atoms with Crippen LogP contribution in [0.5, 0.6) is 0 Å². The van der Waals surface area contributed by atoms with Gasteiger partial charge in [-0.25, -0.2) is 0 Å². The van der Waals surface area contributed by atoms with Gasteiger partial charge in [0.05, 0.1) is 0 Å². The van der Waals surface area contributed by atoms with Gasteiger partial charge in [0.1, 0.15) is 6.10 Å². The molecule has 0 spiro atoms. The third kappa shape index (κ3) is 3.98. The van der Waals surface area contributed by atoms with E-state index in [2.05, 4.69) is 27.7 Å². The first-order chi connectivity index (χ1) is 13.3. The van der Waals surface area contributed by atoms with Crippen LogP contribution in [-0.4, -0.2) is 22.0 Å². The molecule has 5 atom stereocenters. The molecule has 154 valence electrons. The van der Waals surface area contributed by atoms with E-state index in [4.69, 9.17) is 4.74 Å². The molecule has 1 aromatic carbocycles. The predicted octanol–water partition coefficient (Wildman–Crippen LogP) is 5.37. The molecule has 3 rings (SSSR count). The van der Waals surface area contributed by atoms with Gasteiger partial charge >= 0.3 is 5.97 Å². The topological polar surface area (TPSA) is 43.4 Å². The molecule has 0 saturated heterocycles. The van der Waals surface area contributed by atoms with E-state index in [9.17, 15) is 9.00 Å². The van der Waals surface area contributed by atoms with Crippen LogP contribution in [0.3, 0.4) is 0 Å². The summed E-state index contributed by atoms with van der Waals surface area (Å²) in [6.45, 7) is 10.7. The Hall–Kier alpha value is -1.42. The van der Waals surface area contributed by atoms with Crippen LogP contribution in [-0.2, 0) is 25.1 Å². The molecule has 1 aromatic rings. The van der Waals surface area contributed by atoms with Crippen LogP contribution in [0, 0.1) is 17.8 Å². The lowest BCUT2D eigenvalue weighted by Gasteiger charge is -2.41. The fraction of sp³-hybridized carbons (Fsp3) is 0.625. The molecule has 3 nitrogen and oxygen atoms in total. The van der Waals surface area contributed by atoms with E-state index in [1.807, 2.05) is 37.3 Å². The van der Waals surface area contributed by atoms with Gasteiger partial charge in [-0.2, -0.15) is 0 Å². The molecule has 0 bridgehead atoms. The van der Waals surface area contributed by atoms with E-state index in [0.717, 1.165) is 29.6 Å². The normalized spacial score (nSPS) is 33.8. The van der Waals surface area contributed by atoms with Gasteiger partial charge in [-0.3, -0.25) is 9.00 Å². The Labute approximate surface area is 172 Å². The molecule has 1 fully saturated rings. The van der Waals surface area contributed by atoms with Gasteiger partial charge in [0.2, 0.25) is 0 Å². The second kappa shape index (κ2) is 8.52. The van der Waals surface area contributed by atoms with Crippen molar-refractivity contribution in [3.8, 4) is 0 Å². The number of esters is 1. The lowest BCUT2D eigenvalue weighted by atomic mass is 9.75. The standard InChI is InChI=1S/C24H34O3S/c1-16(2)21-12-11-17(3)13-22(21)27-23(25)24(20-9-7-6-8-10-20)14-18(4)19(5)15-28(24)26/h6-10,16-17,21-22H,11-15H2,1-5H3/t17-,21+,22+,24+,28-/m0/s1. The fourth-order valence-corrected chi connectivity index (χ4v) is 6.65. The highest BCUT2D eigenvalue weighted by atomic mass is 32.2. The van der Waals surface area contributed by atoms with E-state index >= 15 is 0 Å². The minimum absolute atomic E-state index is 0.0823. The van der Waals surface area contributed by atoms with Crippen molar-refractivity contribution in [3.63, 3.8) is 0 Å². The Kier molecular flexibility index (Phi) is 6.48. The highest BCUT2D eigenvalue weighted by Crippen LogP contribution is 2.43. The molecule has 0 amide bonds. The first-order valence-corrected chi connectivity index (χ1v) is 11.9. The number of hydrogen-bond donors (Lipinski definition) is 0. The third-order valence-corrected chi connectivity index (χ3v) is 8.79. The van der Waals surface area contributed by atoms with Gasteiger partial charge in [-0.05, 0) is 50.0 Å². The second-order valence-electron chi connectivity index (χ2n) is 9.19. The summed E-state index contributed by atoms with van der Waals surface area (Å²) in [7, 11) is -1.34. The van der Waals surface area contributed by atoms with Crippen LogP contribution in [0.15, 0.2) is 41.5 Å². The van der Waals surface area contributed by atoms with Gasteiger partial charge in [-0.1, -0.05) is 68.7 Å². The minimum atomic E-state index is -1.34. The maximum Gasteiger partial charge on any atom is 0.330 e. The molecule has 0 radical (unpaired) electrons. The van der Waals surface area contributed by atoms with Crippen molar-refractivity contribution < 1.29 is 13.7 Å². The summed E-state index contributed by atoms with van der Waals surface area (Å²) in [5.74, 6) is 1.54. The van der Waals surface area contributed by atoms with Gasteiger partial charge in [0.25, 0.3) is 0 Å². The van der Waals surface area contributed by atoms with Crippen LogP contribution in [0.4, 0.5) is 0 Å². The van der Waals surface area contributed by atoms with Crippen LogP contribution < -0.4 is 0 Å². The zero-order valence-corrected chi connectivity index (χ0v) is 18.7. The van der Waals surface area contributed by atoms with Crippen molar-refractivity contribution in [2.75, 3.05) is 5.75 Å². The average molecular weight is 403 g/mol. The Morgan fingerprint density at radius 1 is 1.14 bits per heavy atom. The monoisotopic (exact) mass is 402 g/mol. The van der Waals surface area contributed by atoms with Gasteiger partial charge < -0.3 is 4.74 Å². The van der Waals surface area contributed by atoms with Crippen molar-refractivity contribution >= 4 is 16.8 Å². The smallest absolute Gasteiger partial charge is 0.330 e. The molecule has 0 unspecified atom stereocenters. The summed E-state index contributed by atoms with van der Waals surface area (Å²) in [6.07, 6.45) is 3.58. The van der Waals surface area contributed by atoms with E-state index in [1.165, 1.54) is 6.42 Å². The number of ether oxygens (including phenoxy) is 1. The van der Waals surface area contributed by atoms with Crippen molar-refractivity contribution in [1.29, 1.82) is 0 Å². The number of carbonyl (C=O) groups excluding carboxylic acids is 1. The average Bonchev–Trinajstić information content (AvgIpc) is 2.65. The number of benzene rings is 1. The summed E-state index contributed by atoms with van der Waals surface area (Å²) >= 11 is 0. The Balaban J connectivity index is 1.97. The highest BCUT2D eigenvalue weighted by molar-refractivity contribution is 7.87. The van der Waals surface area contributed by atoms with Crippen molar-refractivity contribution in [2.45, 2.75) is 71.2 Å². The van der Waals surface area contributed by atoms with E-state index in [-0.39, 0.29) is 12.1 Å². The lowest BCUT2D eigenvalue weighted by molar-refractivity contribution is -0.159. The molecule has 1 aliphatic carbocycles. The number of carbonyl (C=O) groups is 1. The van der Waals surface area contributed by atoms with Crippen molar-refractivity contribution in [2.24, 2.45) is 17.8 Å². The zero-order valence-electron chi connectivity index (χ0n) is 17.9. The Morgan fingerprint density at radius 3 is 2.46 bits per heavy atom. The van der Waals surface area contributed by atoms with Crippen LogP contribution in [0.2, 0.25) is 0 Å². The molecule has 4 heteroatoms. The molecule has 0 aromatic heterocycles. The number of allylic oxidation sites excluding steroid dienone is 1. The fourth-order valence-electron chi connectivity index (χ4n) is 4.75. The SMILES string of the molecule is CC1=C(C)C[C@](C(=O)O[C@@H]2C[C@@H](C)CC[C@@H]2C(C)C)(c2ccccc2)[S@@](=O)C1. The molecule has 0 N–H and O–H groups in total. The number of rotatable bonds is 4. The first-order valence-electron chi connectivity index (χ1n) is 10.6. The van der Waals surface area contributed by atoms with Crippen molar-refractivity contribution in [1.82, 2.24) is 0 Å². The van der Waals surface area contributed by atoms with Crippen LogP contribution in [0.1, 0.15) is 65.9 Å². The minimum Gasteiger partial charge on any atom is -0.461 e. The van der Waals surface area contributed by atoms with E-state index in [1.54, 1.807) is 0 Å². The summed E-state index contributed by atoms with van der Waals surface area (Å²) in [6, 6.07) is 9.62. The maximum absolute atomic E-state index is 13.7. The Morgan fingerprint density at radius 2 is 1.82 bits per heavy atom. The Bertz CT molecular complexity index is 767. The zero-order chi connectivity index (χ0) is 20.5. The van der Waals surface area contributed by atoms with E-state index < -0.39 is 15.5 Å². The first kappa shape index (κ1) is 21.3. The molecular weight excluding hydrogens is 368 g/mol. The lowest BCUT2D eigenvalue weighted by Crippen LogP contribution is -2.48. The molecule has 28 heavy (non-hydrogen) atoms. The second-order valence-corrected chi connectivity index (χ2v) is 10.9. The molecule has 2 aliphatic rings. The number of hydrogen-bond acceptors (Lipinski definition) is 3. The summed E-state index contributed by atoms with van der Waals surface area (Å²) < 4.78 is 18.6. The molecule has 1 saturated carbocycles. The van der Waals surface area contributed by atoms with Crippen LogP contribution in [0.25, 0.3) is 0 Å².